The number of halogens is 1. The van der Waals surface area contributed by atoms with E-state index < -0.39 is 0 Å². The zero-order valence-corrected chi connectivity index (χ0v) is 5.48. The fraction of sp³-hybridized carbons (Fsp3) is 0.800. The number of nitrogens with zero attached hydrogens (tertiary/aromatic N) is 1. The fourth-order valence-corrected chi connectivity index (χ4v) is 0.756. The van der Waals surface area contributed by atoms with Crippen LogP contribution in [-0.2, 0) is 4.74 Å². The molecule has 1 rings (SSSR count). The molecule has 0 saturated heterocycles. The largest absolute Gasteiger partial charge is 0.478 e. The van der Waals surface area contributed by atoms with Gasteiger partial charge >= 0.3 is 0 Å². The smallest absolute Gasteiger partial charge is 0.199 e. The third-order valence-electron chi connectivity index (χ3n) is 0.970. The Balaban J connectivity index is 2.44. The maximum absolute atomic E-state index is 5.42. The van der Waals surface area contributed by atoms with Crippen molar-refractivity contribution >= 4 is 17.5 Å². The summed E-state index contributed by atoms with van der Waals surface area (Å²) in [5.41, 5.74) is 0. The number of aliphatic imine (C=N–C) groups is 1. The molecule has 0 aromatic rings. The summed E-state index contributed by atoms with van der Waals surface area (Å²) in [6, 6.07) is 0.309. The molecule has 1 heterocycles. The Labute approximate surface area is 53.5 Å². The Bertz CT molecular complexity index is 113. The van der Waals surface area contributed by atoms with Crippen LogP contribution in [0.3, 0.4) is 0 Å². The Hall–Kier alpha value is -0.240. The van der Waals surface area contributed by atoms with Crippen molar-refractivity contribution in [3.05, 3.63) is 0 Å². The van der Waals surface area contributed by atoms with Crippen LogP contribution >= 0.6 is 11.6 Å². The molecule has 1 aliphatic heterocycles. The lowest BCUT2D eigenvalue weighted by atomic mass is 10.4. The molecule has 0 N–H and O–H groups in total. The molecule has 8 heavy (non-hydrogen) atoms. The van der Waals surface area contributed by atoms with Gasteiger partial charge in [0.05, 0.1) is 11.9 Å². The van der Waals surface area contributed by atoms with E-state index in [0.717, 1.165) is 0 Å². The highest BCUT2D eigenvalue weighted by molar-refractivity contribution is 6.27. The first-order valence-corrected chi connectivity index (χ1v) is 3.12. The second-order valence-electron chi connectivity index (χ2n) is 1.82. The molecule has 2 nitrogen and oxygen atoms in total. The van der Waals surface area contributed by atoms with Crippen LogP contribution in [0.5, 0.6) is 0 Å². The quantitative estimate of drug-likeness (QED) is 0.490. The standard InChI is InChI=1S/C5H8ClNO/c1-4-3-8-5(2-6)7-4/h4H,2-3H2,1H3/t4-/m1/s1. The lowest BCUT2D eigenvalue weighted by Gasteiger charge is -1.92. The summed E-state index contributed by atoms with van der Waals surface area (Å²) in [6.45, 7) is 2.70. The summed E-state index contributed by atoms with van der Waals surface area (Å²) in [7, 11) is 0. The third kappa shape index (κ3) is 1.13. The van der Waals surface area contributed by atoms with Crippen molar-refractivity contribution in [2.45, 2.75) is 13.0 Å². The molecule has 0 aliphatic carbocycles. The van der Waals surface area contributed by atoms with E-state index in [1.807, 2.05) is 6.92 Å². The topological polar surface area (TPSA) is 21.6 Å². The minimum Gasteiger partial charge on any atom is -0.478 e. The monoisotopic (exact) mass is 133 g/mol. The third-order valence-corrected chi connectivity index (χ3v) is 1.20. The van der Waals surface area contributed by atoms with Crippen molar-refractivity contribution in [1.82, 2.24) is 0 Å². The molecule has 0 bridgehead atoms. The fourth-order valence-electron chi connectivity index (χ4n) is 0.610. The van der Waals surface area contributed by atoms with E-state index in [0.29, 0.717) is 24.4 Å². The zero-order valence-electron chi connectivity index (χ0n) is 4.72. The molecule has 0 radical (unpaired) electrons. The van der Waals surface area contributed by atoms with Gasteiger partial charge < -0.3 is 4.74 Å². The van der Waals surface area contributed by atoms with Crippen LogP contribution < -0.4 is 0 Å². The average Bonchev–Trinajstić information content (AvgIpc) is 2.14. The van der Waals surface area contributed by atoms with Crippen LogP contribution in [0.4, 0.5) is 0 Å². The van der Waals surface area contributed by atoms with Crippen molar-refractivity contribution in [2.24, 2.45) is 4.99 Å². The maximum atomic E-state index is 5.42. The molecule has 46 valence electrons. The second kappa shape index (κ2) is 2.35. The molecule has 1 aliphatic rings. The van der Waals surface area contributed by atoms with Crippen molar-refractivity contribution in [3.8, 4) is 0 Å². The van der Waals surface area contributed by atoms with Crippen LogP contribution in [0.25, 0.3) is 0 Å². The van der Waals surface area contributed by atoms with Crippen LogP contribution in [0.2, 0.25) is 0 Å². The van der Waals surface area contributed by atoms with Gasteiger partial charge in [-0.15, -0.1) is 11.6 Å². The van der Waals surface area contributed by atoms with Gasteiger partial charge in [-0.1, -0.05) is 0 Å². The van der Waals surface area contributed by atoms with E-state index in [4.69, 9.17) is 16.3 Å². The van der Waals surface area contributed by atoms with Gasteiger partial charge in [-0.05, 0) is 6.92 Å². The van der Waals surface area contributed by atoms with Gasteiger partial charge in [0.15, 0.2) is 5.90 Å². The summed E-state index contributed by atoms with van der Waals surface area (Å²) in [5, 5.41) is 0. The number of rotatable bonds is 1. The number of hydrogen-bond acceptors (Lipinski definition) is 2. The molecule has 0 spiro atoms. The molecule has 3 heteroatoms. The van der Waals surface area contributed by atoms with Gasteiger partial charge in [-0.3, -0.25) is 0 Å². The molecule has 0 aromatic carbocycles. The van der Waals surface area contributed by atoms with Gasteiger partial charge in [0.25, 0.3) is 0 Å². The normalized spacial score (nSPS) is 27.2. The van der Waals surface area contributed by atoms with Crippen LogP contribution in [0, 0.1) is 0 Å². The summed E-state index contributed by atoms with van der Waals surface area (Å²) in [6.07, 6.45) is 0. The second-order valence-corrected chi connectivity index (χ2v) is 2.08. The molecule has 1 atom stereocenters. The van der Waals surface area contributed by atoms with Gasteiger partial charge in [0.1, 0.15) is 6.61 Å². The van der Waals surface area contributed by atoms with Crippen molar-refractivity contribution < 1.29 is 4.74 Å². The predicted octanol–water partition coefficient (Wildman–Crippen LogP) is 1.04. The van der Waals surface area contributed by atoms with Gasteiger partial charge in [-0.2, -0.15) is 0 Å². The summed E-state index contributed by atoms with van der Waals surface area (Å²) < 4.78 is 5.03. The molecule has 0 amide bonds. The van der Waals surface area contributed by atoms with E-state index in [-0.39, 0.29) is 0 Å². The summed E-state index contributed by atoms with van der Waals surface area (Å²) in [4.78, 5) is 4.07. The zero-order chi connectivity index (χ0) is 5.98. The first-order chi connectivity index (χ1) is 3.83. The highest BCUT2D eigenvalue weighted by Crippen LogP contribution is 2.03. The summed E-state index contributed by atoms with van der Waals surface area (Å²) >= 11 is 5.42. The van der Waals surface area contributed by atoms with E-state index in [2.05, 4.69) is 4.99 Å². The number of ether oxygens (including phenoxy) is 1. The molecule has 0 saturated carbocycles. The first kappa shape index (κ1) is 5.89. The van der Waals surface area contributed by atoms with Crippen molar-refractivity contribution in [3.63, 3.8) is 0 Å². The van der Waals surface area contributed by atoms with Crippen LogP contribution in [0.15, 0.2) is 4.99 Å². The lowest BCUT2D eigenvalue weighted by molar-refractivity contribution is 0.321. The maximum Gasteiger partial charge on any atom is 0.199 e. The Kier molecular flexibility index (Phi) is 1.73. The van der Waals surface area contributed by atoms with E-state index in [9.17, 15) is 0 Å². The van der Waals surface area contributed by atoms with E-state index in [1.54, 1.807) is 0 Å². The van der Waals surface area contributed by atoms with E-state index in [1.165, 1.54) is 0 Å². The predicted molar refractivity (Wildman–Crippen MR) is 33.6 cm³/mol. The van der Waals surface area contributed by atoms with E-state index >= 15 is 0 Å². The van der Waals surface area contributed by atoms with Gasteiger partial charge in [-0.25, -0.2) is 4.99 Å². The number of hydrogen-bond donors (Lipinski definition) is 0. The Morgan fingerprint density at radius 3 is 3.00 bits per heavy atom. The molecule has 0 unspecified atom stereocenters. The minimum atomic E-state index is 0.309. The first-order valence-electron chi connectivity index (χ1n) is 2.58. The molecule has 0 aromatic heterocycles. The van der Waals surface area contributed by atoms with Gasteiger partial charge in [0.2, 0.25) is 0 Å². The molecular weight excluding hydrogens is 126 g/mol. The Morgan fingerprint density at radius 2 is 2.75 bits per heavy atom. The molecule has 0 fully saturated rings. The van der Waals surface area contributed by atoms with Crippen LogP contribution in [0.1, 0.15) is 6.92 Å². The minimum absolute atomic E-state index is 0.309. The van der Waals surface area contributed by atoms with Crippen LogP contribution in [-0.4, -0.2) is 24.4 Å². The van der Waals surface area contributed by atoms with Crippen molar-refractivity contribution in [1.29, 1.82) is 0 Å². The Morgan fingerprint density at radius 1 is 2.00 bits per heavy atom. The highest BCUT2D eigenvalue weighted by atomic mass is 35.5. The van der Waals surface area contributed by atoms with Gasteiger partial charge in [0, 0.05) is 0 Å². The molecular formula is C5H8ClNO. The average molecular weight is 134 g/mol. The summed E-state index contributed by atoms with van der Waals surface area (Å²) in [5.74, 6) is 1.09. The number of alkyl halides is 1. The lowest BCUT2D eigenvalue weighted by Crippen LogP contribution is -2.00. The SMILES string of the molecule is C[C@@H]1COC(CCl)=N1. The highest BCUT2D eigenvalue weighted by Gasteiger charge is 2.11. The van der Waals surface area contributed by atoms with Crippen molar-refractivity contribution in [2.75, 3.05) is 12.5 Å².